The van der Waals surface area contributed by atoms with Crippen LogP contribution in [0.4, 0.5) is 4.79 Å². The van der Waals surface area contributed by atoms with Crippen molar-refractivity contribution >= 4 is 12.0 Å². The van der Waals surface area contributed by atoms with E-state index in [1.165, 1.54) is 0 Å². The Balaban J connectivity index is 2.11. The molecular weight excluding hydrogens is 234 g/mol. The Kier molecular flexibility index (Phi) is 6.49. The number of ether oxygens (including phenoxy) is 1. The first-order valence-corrected chi connectivity index (χ1v) is 6.57. The average Bonchev–Trinajstić information content (AvgIpc) is 2.35. The third-order valence-corrected chi connectivity index (χ3v) is 3.05. The predicted molar refractivity (Wildman–Crippen MR) is 68.0 cm³/mol. The maximum Gasteiger partial charge on any atom is 0.409 e. The minimum Gasteiger partial charge on any atom is -0.450 e. The van der Waals surface area contributed by atoms with Gasteiger partial charge in [-0.1, -0.05) is 0 Å². The number of amides is 2. The molecular formula is C12H23N3O3. The lowest BCUT2D eigenvalue weighted by atomic mass is 10.1. The normalized spacial score (nSPS) is 16.6. The van der Waals surface area contributed by atoms with Crippen molar-refractivity contribution in [1.29, 1.82) is 0 Å². The summed E-state index contributed by atoms with van der Waals surface area (Å²) in [6, 6.07) is 0.420. The number of carbonyl (C=O) groups is 2. The second-order valence-electron chi connectivity index (χ2n) is 4.48. The molecule has 1 aliphatic rings. The molecule has 6 nitrogen and oxygen atoms in total. The van der Waals surface area contributed by atoms with E-state index in [9.17, 15) is 9.59 Å². The van der Waals surface area contributed by atoms with Gasteiger partial charge in [0.1, 0.15) is 0 Å². The van der Waals surface area contributed by atoms with Crippen molar-refractivity contribution in [2.24, 2.45) is 5.73 Å². The summed E-state index contributed by atoms with van der Waals surface area (Å²) in [6.07, 6.45) is 2.83. The molecule has 2 amide bonds. The van der Waals surface area contributed by atoms with Crippen LogP contribution >= 0.6 is 0 Å². The van der Waals surface area contributed by atoms with E-state index < -0.39 is 0 Å². The molecule has 1 heterocycles. The number of primary amides is 1. The average molecular weight is 257 g/mol. The maximum absolute atomic E-state index is 11.5. The van der Waals surface area contributed by atoms with E-state index in [1.54, 1.807) is 4.90 Å². The van der Waals surface area contributed by atoms with Crippen LogP contribution in [0.3, 0.4) is 0 Å². The van der Waals surface area contributed by atoms with E-state index >= 15 is 0 Å². The van der Waals surface area contributed by atoms with Crippen LogP contribution in [0.1, 0.15) is 32.6 Å². The fraction of sp³-hybridized carbons (Fsp3) is 0.833. The zero-order chi connectivity index (χ0) is 13.4. The van der Waals surface area contributed by atoms with Gasteiger partial charge in [0.05, 0.1) is 6.61 Å². The van der Waals surface area contributed by atoms with Crippen molar-refractivity contribution in [3.8, 4) is 0 Å². The van der Waals surface area contributed by atoms with Gasteiger partial charge in [0.2, 0.25) is 5.91 Å². The van der Waals surface area contributed by atoms with Crippen LogP contribution in [0.25, 0.3) is 0 Å². The Hall–Kier alpha value is -1.30. The summed E-state index contributed by atoms with van der Waals surface area (Å²) in [5.41, 5.74) is 5.07. The molecule has 3 N–H and O–H groups in total. The monoisotopic (exact) mass is 257 g/mol. The van der Waals surface area contributed by atoms with Crippen molar-refractivity contribution < 1.29 is 14.3 Å². The van der Waals surface area contributed by atoms with Crippen LogP contribution in [-0.4, -0.2) is 49.2 Å². The topological polar surface area (TPSA) is 84.7 Å². The SMILES string of the molecule is CCOC(=O)N1CCC(NCCCC(N)=O)CC1. The number of piperidine rings is 1. The van der Waals surface area contributed by atoms with Gasteiger partial charge in [0.15, 0.2) is 0 Å². The van der Waals surface area contributed by atoms with Crippen LogP contribution < -0.4 is 11.1 Å². The molecule has 0 aromatic rings. The standard InChI is InChI=1S/C12H23N3O3/c1-2-18-12(17)15-8-5-10(6-9-15)14-7-3-4-11(13)16/h10,14H,2-9H2,1H3,(H2,13,16). The number of nitrogens with one attached hydrogen (secondary N) is 1. The first kappa shape index (κ1) is 14.8. The number of hydrogen-bond acceptors (Lipinski definition) is 4. The van der Waals surface area contributed by atoms with Gasteiger partial charge in [0, 0.05) is 25.6 Å². The fourth-order valence-corrected chi connectivity index (χ4v) is 2.05. The zero-order valence-corrected chi connectivity index (χ0v) is 11.0. The van der Waals surface area contributed by atoms with Gasteiger partial charge in [-0.05, 0) is 32.7 Å². The number of nitrogens with zero attached hydrogens (tertiary/aromatic N) is 1. The van der Waals surface area contributed by atoms with Crippen molar-refractivity contribution in [1.82, 2.24) is 10.2 Å². The quantitative estimate of drug-likeness (QED) is 0.677. The van der Waals surface area contributed by atoms with Gasteiger partial charge >= 0.3 is 6.09 Å². The highest BCUT2D eigenvalue weighted by Crippen LogP contribution is 2.11. The molecule has 0 aromatic carbocycles. The van der Waals surface area contributed by atoms with Gasteiger partial charge in [-0.3, -0.25) is 4.79 Å². The van der Waals surface area contributed by atoms with Gasteiger partial charge in [-0.15, -0.1) is 0 Å². The maximum atomic E-state index is 11.5. The lowest BCUT2D eigenvalue weighted by Crippen LogP contribution is -2.45. The van der Waals surface area contributed by atoms with Crippen molar-refractivity contribution in [3.63, 3.8) is 0 Å². The molecule has 0 saturated carbocycles. The third-order valence-electron chi connectivity index (χ3n) is 3.05. The van der Waals surface area contributed by atoms with Crippen LogP contribution in [0.2, 0.25) is 0 Å². The summed E-state index contributed by atoms with van der Waals surface area (Å²) < 4.78 is 4.96. The van der Waals surface area contributed by atoms with E-state index in [1.807, 2.05) is 6.92 Å². The summed E-state index contributed by atoms with van der Waals surface area (Å²) in [7, 11) is 0. The molecule has 0 radical (unpaired) electrons. The number of carbonyl (C=O) groups excluding carboxylic acids is 2. The number of hydrogen-bond donors (Lipinski definition) is 2. The minimum absolute atomic E-state index is 0.218. The molecule has 0 aliphatic carbocycles. The summed E-state index contributed by atoms with van der Waals surface area (Å²) in [5.74, 6) is -0.256. The first-order valence-electron chi connectivity index (χ1n) is 6.57. The fourth-order valence-electron chi connectivity index (χ4n) is 2.05. The Morgan fingerprint density at radius 1 is 1.39 bits per heavy atom. The van der Waals surface area contributed by atoms with E-state index in [2.05, 4.69) is 5.32 Å². The van der Waals surface area contributed by atoms with Gasteiger partial charge < -0.3 is 20.7 Å². The molecule has 1 fully saturated rings. The van der Waals surface area contributed by atoms with E-state index in [4.69, 9.17) is 10.5 Å². The molecule has 0 spiro atoms. The molecule has 18 heavy (non-hydrogen) atoms. The molecule has 1 saturated heterocycles. The van der Waals surface area contributed by atoms with Crippen molar-refractivity contribution in [2.45, 2.75) is 38.6 Å². The van der Waals surface area contributed by atoms with E-state index in [0.29, 0.717) is 19.1 Å². The first-order chi connectivity index (χ1) is 8.63. The van der Waals surface area contributed by atoms with Crippen LogP contribution in [-0.2, 0) is 9.53 Å². The second-order valence-corrected chi connectivity index (χ2v) is 4.48. The molecule has 0 atom stereocenters. The molecule has 1 aliphatic heterocycles. The summed E-state index contributed by atoms with van der Waals surface area (Å²) in [4.78, 5) is 23.8. The van der Waals surface area contributed by atoms with Crippen LogP contribution in [0, 0.1) is 0 Å². The summed E-state index contributed by atoms with van der Waals surface area (Å²) in [6.45, 7) is 4.49. The van der Waals surface area contributed by atoms with Gasteiger partial charge in [-0.2, -0.15) is 0 Å². The number of nitrogens with two attached hydrogens (primary N) is 1. The van der Waals surface area contributed by atoms with E-state index in [-0.39, 0.29) is 12.0 Å². The molecule has 0 unspecified atom stereocenters. The largest absolute Gasteiger partial charge is 0.450 e. The number of likely N-dealkylation sites (tertiary alicyclic amines) is 1. The highest BCUT2D eigenvalue weighted by atomic mass is 16.6. The molecule has 0 aromatic heterocycles. The smallest absolute Gasteiger partial charge is 0.409 e. The number of rotatable bonds is 6. The van der Waals surface area contributed by atoms with Gasteiger partial charge in [-0.25, -0.2) is 4.79 Å². The van der Waals surface area contributed by atoms with Crippen molar-refractivity contribution in [3.05, 3.63) is 0 Å². The highest BCUT2D eigenvalue weighted by Gasteiger charge is 2.22. The van der Waals surface area contributed by atoms with Gasteiger partial charge in [0.25, 0.3) is 0 Å². The molecule has 104 valence electrons. The Morgan fingerprint density at radius 3 is 2.61 bits per heavy atom. The minimum atomic E-state index is -0.256. The zero-order valence-electron chi connectivity index (χ0n) is 11.0. The van der Waals surface area contributed by atoms with Crippen molar-refractivity contribution in [2.75, 3.05) is 26.2 Å². The molecule has 1 rings (SSSR count). The molecule has 6 heteroatoms. The Morgan fingerprint density at radius 2 is 2.06 bits per heavy atom. The Labute approximate surface area is 108 Å². The lowest BCUT2D eigenvalue weighted by Gasteiger charge is -2.31. The molecule has 0 bridgehead atoms. The van der Waals surface area contributed by atoms with Crippen LogP contribution in [0.15, 0.2) is 0 Å². The summed E-state index contributed by atoms with van der Waals surface area (Å²) >= 11 is 0. The second kappa shape index (κ2) is 7.92. The Bertz CT molecular complexity index is 276. The summed E-state index contributed by atoms with van der Waals surface area (Å²) in [5, 5.41) is 3.38. The predicted octanol–water partition coefficient (Wildman–Crippen LogP) is 0.462. The third kappa shape index (κ3) is 5.35. The highest BCUT2D eigenvalue weighted by molar-refractivity contribution is 5.73. The van der Waals surface area contributed by atoms with E-state index in [0.717, 1.165) is 38.9 Å². The lowest BCUT2D eigenvalue weighted by molar-refractivity contribution is -0.118. The van der Waals surface area contributed by atoms with Crippen LogP contribution in [0.5, 0.6) is 0 Å².